The van der Waals surface area contributed by atoms with Crippen molar-refractivity contribution in [3.63, 3.8) is 0 Å². The minimum absolute atomic E-state index is 0.0523. The second kappa shape index (κ2) is 5.17. The predicted molar refractivity (Wildman–Crippen MR) is 73.2 cm³/mol. The molecule has 0 saturated carbocycles. The van der Waals surface area contributed by atoms with E-state index in [2.05, 4.69) is 15.3 Å². The lowest BCUT2D eigenvalue weighted by Gasteiger charge is -2.14. The fourth-order valence-corrected chi connectivity index (χ4v) is 2.00. The van der Waals surface area contributed by atoms with Crippen LogP contribution < -0.4 is 15.8 Å². The lowest BCUT2D eigenvalue weighted by Crippen LogP contribution is -2.10. The molecule has 1 unspecified atom stereocenters. The van der Waals surface area contributed by atoms with E-state index in [9.17, 15) is 0 Å². The Hall–Kier alpha value is -2.24. The molecule has 1 atom stereocenters. The smallest absolute Gasteiger partial charge is 0.225 e. The van der Waals surface area contributed by atoms with Gasteiger partial charge in [0.05, 0.1) is 13.2 Å². The zero-order valence-corrected chi connectivity index (χ0v) is 11.5. The molecular weight excluding hydrogens is 244 g/mol. The van der Waals surface area contributed by atoms with E-state index < -0.39 is 0 Å². The van der Waals surface area contributed by atoms with Gasteiger partial charge in [0.15, 0.2) is 0 Å². The molecule has 19 heavy (non-hydrogen) atoms. The molecule has 0 spiro atoms. The number of aryl methyl sites for hydroxylation is 2. The van der Waals surface area contributed by atoms with Crippen molar-refractivity contribution in [1.29, 1.82) is 0 Å². The summed E-state index contributed by atoms with van der Waals surface area (Å²) in [6.45, 7) is 5.90. The van der Waals surface area contributed by atoms with Crippen LogP contribution in [0.5, 0.6) is 5.88 Å². The van der Waals surface area contributed by atoms with Crippen LogP contribution in [0.4, 0.5) is 11.8 Å². The number of nitrogens with two attached hydrogens (primary N) is 1. The van der Waals surface area contributed by atoms with Crippen molar-refractivity contribution in [2.75, 3.05) is 18.2 Å². The molecule has 0 aliphatic carbocycles. The van der Waals surface area contributed by atoms with Crippen molar-refractivity contribution in [2.24, 2.45) is 0 Å². The van der Waals surface area contributed by atoms with Crippen LogP contribution in [0, 0.1) is 13.8 Å². The van der Waals surface area contributed by atoms with Gasteiger partial charge in [-0.2, -0.15) is 9.97 Å². The highest BCUT2D eigenvalue weighted by Gasteiger charge is 2.14. The van der Waals surface area contributed by atoms with Crippen LogP contribution in [0.2, 0.25) is 0 Å². The monoisotopic (exact) mass is 262 g/mol. The van der Waals surface area contributed by atoms with Crippen molar-refractivity contribution in [3.05, 3.63) is 29.2 Å². The fourth-order valence-electron chi connectivity index (χ4n) is 2.00. The largest absolute Gasteiger partial charge is 0.481 e. The van der Waals surface area contributed by atoms with E-state index in [1.54, 1.807) is 13.2 Å². The summed E-state index contributed by atoms with van der Waals surface area (Å²) in [4.78, 5) is 8.07. The normalized spacial score (nSPS) is 12.2. The lowest BCUT2D eigenvalue weighted by atomic mass is 10.1. The van der Waals surface area contributed by atoms with Crippen LogP contribution in [-0.2, 0) is 0 Å². The maximum atomic E-state index is 5.62. The number of nitrogens with zero attached hydrogens (tertiary/aromatic N) is 2. The third-order valence-electron chi connectivity index (χ3n) is 2.84. The van der Waals surface area contributed by atoms with Crippen molar-refractivity contribution >= 4 is 11.8 Å². The zero-order valence-electron chi connectivity index (χ0n) is 11.5. The van der Waals surface area contributed by atoms with E-state index in [1.807, 2.05) is 26.8 Å². The molecule has 0 aromatic carbocycles. The van der Waals surface area contributed by atoms with Crippen LogP contribution in [0.15, 0.2) is 16.5 Å². The van der Waals surface area contributed by atoms with Gasteiger partial charge in [0, 0.05) is 11.6 Å². The Kier molecular flexibility index (Phi) is 3.59. The summed E-state index contributed by atoms with van der Waals surface area (Å²) in [6, 6.07) is 3.76. The molecule has 2 aromatic rings. The fraction of sp³-hybridized carbons (Fsp3) is 0.385. The summed E-state index contributed by atoms with van der Waals surface area (Å²) < 4.78 is 10.6. The van der Waals surface area contributed by atoms with E-state index >= 15 is 0 Å². The van der Waals surface area contributed by atoms with E-state index in [-0.39, 0.29) is 12.0 Å². The molecule has 2 heterocycles. The number of methoxy groups -OCH3 is 1. The Morgan fingerprint density at radius 2 is 2.05 bits per heavy atom. The third-order valence-corrected chi connectivity index (χ3v) is 2.84. The first-order valence-corrected chi connectivity index (χ1v) is 6.01. The number of aromatic nitrogens is 2. The van der Waals surface area contributed by atoms with Crippen molar-refractivity contribution < 1.29 is 9.15 Å². The Bertz CT molecular complexity index is 580. The Balaban J connectivity index is 2.21. The molecular formula is C13H18N4O2. The minimum Gasteiger partial charge on any atom is -0.481 e. The van der Waals surface area contributed by atoms with Gasteiger partial charge in [0.2, 0.25) is 11.8 Å². The Morgan fingerprint density at radius 3 is 2.63 bits per heavy atom. The van der Waals surface area contributed by atoms with E-state index in [1.165, 1.54) is 0 Å². The van der Waals surface area contributed by atoms with Gasteiger partial charge in [-0.15, -0.1) is 0 Å². The van der Waals surface area contributed by atoms with Crippen molar-refractivity contribution in [2.45, 2.75) is 26.8 Å². The topological polar surface area (TPSA) is 86.2 Å². The van der Waals surface area contributed by atoms with Crippen LogP contribution in [0.1, 0.15) is 30.0 Å². The highest BCUT2D eigenvalue weighted by molar-refractivity contribution is 5.45. The number of anilines is 2. The first-order chi connectivity index (χ1) is 8.99. The molecule has 0 saturated heterocycles. The Morgan fingerprint density at radius 1 is 1.32 bits per heavy atom. The van der Waals surface area contributed by atoms with Crippen LogP contribution in [0.25, 0.3) is 0 Å². The third kappa shape index (κ3) is 2.96. The average molecular weight is 262 g/mol. The summed E-state index contributed by atoms with van der Waals surface area (Å²) in [7, 11) is 1.54. The molecule has 2 aromatic heterocycles. The lowest BCUT2D eigenvalue weighted by molar-refractivity contribution is 0.398. The number of hydrogen-bond acceptors (Lipinski definition) is 6. The SMILES string of the molecule is COc1cc(NC(C)c2cc(C)oc2C)nc(N)n1. The maximum Gasteiger partial charge on any atom is 0.225 e. The molecule has 102 valence electrons. The molecule has 0 bridgehead atoms. The standard InChI is InChI=1S/C13H18N4O2/c1-7-5-10(9(3)19-7)8(2)15-11-6-12(18-4)17-13(14)16-11/h5-6,8H,1-4H3,(H3,14,15,16,17). The second-order valence-electron chi connectivity index (χ2n) is 4.39. The number of ether oxygens (including phenoxy) is 1. The molecule has 2 rings (SSSR count). The zero-order chi connectivity index (χ0) is 14.0. The number of furan rings is 1. The van der Waals surface area contributed by atoms with Gasteiger partial charge < -0.3 is 20.2 Å². The van der Waals surface area contributed by atoms with Crippen molar-refractivity contribution in [1.82, 2.24) is 9.97 Å². The van der Waals surface area contributed by atoms with Crippen LogP contribution in [0.3, 0.4) is 0 Å². The number of nitrogens with one attached hydrogen (secondary N) is 1. The molecule has 0 amide bonds. The van der Waals surface area contributed by atoms with Gasteiger partial charge in [0.25, 0.3) is 0 Å². The van der Waals surface area contributed by atoms with Crippen molar-refractivity contribution in [3.8, 4) is 5.88 Å². The molecule has 0 aliphatic rings. The summed E-state index contributed by atoms with van der Waals surface area (Å²) in [6.07, 6.45) is 0. The van der Waals surface area contributed by atoms with Gasteiger partial charge >= 0.3 is 0 Å². The number of rotatable bonds is 4. The van der Waals surface area contributed by atoms with Gasteiger partial charge in [-0.05, 0) is 26.8 Å². The first kappa shape index (κ1) is 13.2. The molecule has 3 N–H and O–H groups in total. The molecule has 6 nitrogen and oxygen atoms in total. The quantitative estimate of drug-likeness (QED) is 0.880. The predicted octanol–water partition coefficient (Wildman–Crippen LogP) is 2.45. The number of nitrogen functional groups attached to an aromatic ring is 1. The van der Waals surface area contributed by atoms with E-state index in [0.717, 1.165) is 17.1 Å². The van der Waals surface area contributed by atoms with Crippen LogP contribution in [-0.4, -0.2) is 17.1 Å². The minimum atomic E-state index is 0.0523. The maximum absolute atomic E-state index is 5.62. The van der Waals surface area contributed by atoms with Gasteiger partial charge in [0.1, 0.15) is 17.3 Å². The molecule has 0 radical (unpaired) electrons. The van der Waals surface area contributed by atoms with Crippen LogP contribution >= 0.6 is 0 Å². The Labute approximate surface area is 112 Å². The molecule has 0 fully saturated rings. The first-order valence-electron chi connectivity index (χ1n) is 6.01. The highest BCUT2D eigenvalue weighted by atomic mass is 16.5. The molecule has 6 heteroatoms. The highest BCUT2D eigenvalue weighted by Crippen LogP contribution is 2.25. The average Bonchev–Trinajstić information content (AvgIpc) is 2.67. The second-order valence-corrected chi connectivity index (χ2v) is 4.39. The summed E-state index contributed by atoms with van der Waals surface area (Å²) in [5, 5.41) is 3.26. The van der Waals surface area contributed by atoms with Gasteiger partial charge in [-0.3, -0.25) is 0 Å². The summed E-state index contributed by atoms with van der Waals surface area (Å²) >= 11 is 0. The van der Waals surface area contributed by atoms with E-state index in [0.29, 0.717) is 11.7 Å². The van der Waals surface area contributed by atoms with Gasteiger partial charge in [-0.25, -0.2) is 0 Å². The summed E-state index contributed by atoms with van der Waals surface area (Å²) in [5.41, 5.74) is 6.71. The molecule has 0 aliphatic heterocycles. The van der Waals surface area contributed by atoms with E-state index in [4.69, 9.17) is 14.9 Å². The number of hydrogen-bond donors (Lipinski definition) is 2. The summed E-state index contributed by atoms with van der Waals surface area (Å²) in [5.74, 6) is 3.01. The van der Waals surface area contributed by atoms with Gasteiger partial charge in [-0.1, -0.05) is 0 Å².